The van der Waals surface area contributed by atoms with Gasteiger partial charge in [-0.2, -0.15) is 0 Å². The third kappa shape index (κ3) is 9.39. The van der Waals surface area contributed by atoms with Crippen molar-refractivity contribution < 1.29 is 24.3 Å². The number of rotatable bonds is 12. The van der Waals surface area contributed by atoms with Gasteiger partial charge in [0.25, 0.3) is 5.91 Å². The minimum Gasteiger partial charge on any atom is -0.508 e. The molecular weight excluding hydrogens is 886 g/mol. The average molecular weight is 945 g/mol. The van der Waals surface area contributed by atoms with Gasteiger partial charge in [0, 0.05) is 86.0 Å². The molecule has 6 aromatic rings. The molecule has 14 nitrogen and oxygen atoms in total. The predicted molar refractivity (Wildman–Crippen MR) is 262 cm³/mol. The smallest absolute Gasteiger partial charge is 0.274 e. The Labute approximate surface area is 400 Å². The average Bonchev–Trinajstić information content (AvgIpc) is 3.98. The lowest BCUT2D eigenvalue weighted by atomic mass is 9.94. The maximum Gasteiger partial charge on any atom is 0.274 e. The number of aromatic nitrogens is 4. The monoisotopic (exact) mass is 943 g/mol. The van der Waals surface area contributed by atoms with E-state index in [9.17, 15) is 19.8 Å². The predicted octanol–water partition coefficient (Wildman–Crippen LogP) is 8.85. The van der Waals surface area contributed by atoms with Gasteiger partial charge in [-0.25, -0.2) is 0 Å². The van der Waals surface area contributed by atoms with Gasteiger partial charge in [-0.15, -0.1) is 21.5 Å². The molecule has 1 atom stereocenters. The summed E-state index contributed by atoms with van der Waals surface area (Å²) in [6, 6.07) is 18.4. The van der Waals surface area contributed by atoms with Crippen molar-refractivity contribution in [2.45, 2.75) is 79.3 Å². The van der Waals surface area contributed by atoms with Crippen LogP contribution in [0.3, 0.4) is 0 Å². The molecule has 0 spiro atoms. The van der Waals surface area contributed by atoms with E-state index >= 15 is 0 Å². The fourth-order valence-corrected chi connectivity index (χ4v) is 11.0. The van der Waals surface area contributed by atoms with Crippen LogP contribution in [0.15, 0.2) is 70.2 Å². The zero-order chi connectivity index (χ0) is 47.1. The molecule has 3 N–H and O–H groups in total. The molecule has 2 fully saturated rings. The van der Waals surface area contributed by atoms with E-state index in [-0.39, 0.29) is 47.1 Å². The molecule has 350 valence electrons. The molecule has 0 unspecified atom stereocenters. The molecule has 3 aromatic carbocycles. The second-order valence-corrected chi connectivity index (χ2v) is 20.0. The first-order valence-electron chi connectivity index (χ1n) is 23.3. The van der Waals surface area contributed by atoms with E-state index in [0.717, 1.165) is 104 Å². The summed E-state index contributed by atoms with van der Waals surface area (Å²) in [7, 11) is 0. The Balaban J connectivity index is 0.804. The highest BCUT2D eigenvalue weighted by Crippen LogP contribution is 2.44. The van der Waals surface area contributed by atoms with Gasteiger partial charge >= 0.3 is 0 Å². The molecule has 6 heterocycles. The highest BCUT2D eigenvalue weighted by Gasteiger charge is 2.35. The molecule has 0 saturated carbocycles. The van der Waals surface area contributed by atoms with Crippen LogP contribution >= 0.6 is 22.9 Å². The summed E-state index contributed by atoms with van der Waals surface area (Å²) in [5.41, 5.74) is 7.54. The number of carbonyl (C=O) groups is 2. The molecule has 0 aliphatic carbocycles. The number of aryl methyl sites for hydroxylation is 2. The van der Waals surface area contributed by atoms with E-state index < -0.39 is 6.04 Å². The Kier molecular flexibility index (Phi) is 13.4. The number of aromatic hydroxyl groups is 2. The highest BCUT2D eigenvalue weighted by molar-refractivity contribution is 7.15. The summed E-state index contributed by atoms with van der Waals surface area (Å²) in [5.74, 6) is 1.81. The minimum absolute atomic E-state index is 0.00531. The van der Waals surface area contributed by atoms with Crippen LogP contribution in [0.2, 0.25) is 5.02 Å². The molecule has 2 amide bonds. The fraction of sp³-hybridized carbons (Fsp3) is 0.412. The summed E-state index contributed by atoms with van der Waals surface area (Å²) in [4.78, 5) is 40.8. The number of benzene rings is 3. The molecule has 67 heavy (non-hydrogen) atoms. The van der Waals surface area contributed by atoms with Crippen LogP contribution in [-0.2, 0) is 11.3 Å². The van der Waals surface area contributed by atoms with Crippen molar-refractivity contribution in [1.29, 1.82) is 0 Å². The third-order valence-corrected chi connectivity index (χ3v) is 15.0. The number of halogens is 1. The SMILES string of the molecule is CCNC(=O)c1noc(-c2cc(C(C)C)c(O)cc2O)c1-c1ccc(CN2CCN(CC3CCN(C(=O)C[C@@H]4N=C(c5ccc(Cl)cc5)c5c(sc(C)c5C)-n5c(C)nnc54)CC3)CC2)cc1. The van der Waals surface area contributed by atoms with Crippen LogP contribution in [0.25, 0.3) is 27.5 Å². The maximum absolute atomic E-state index is 14.1. The zero-order valence-corrected chi connectivity index (χ0v) is 40.5. The number of piperidine rings is 1. The standard InChI is InChI=1S/C51H58ClN9O5S/c1-7-53-50(65)47-45(48(66-57-47)39-24-38(29(2)3)41(62)26-42(39)63)35-10-8-33(9-11-35)27-58-20-22-59(23-21-58)28-34-16-18-60(19-17-34)43(64)25-40-49-56-55-32(6)61(49)51-44(30(4)31(5)67-51)46(54-40)36-12-14-37(52)15-13-36/h8-15,24,26,29,34,40,62-63H,7,16-23,25,27-28H2,1-6H3,(H,53,65)/t40-/m0/s1. The summed E-state index contributed by atoms with van der Waals surface area (Å²) in [6.45, 7) is 19.5. The first kappa shape index (κ1) is 46.2. The van der Waals surface area contributed by atoms with E-state index in [2.05, 4.69) is 61.0 Å². The van der Waals surface area contributed by atoms with E-state index in [1.54, 1.807) is 17.4 Å². The summed E-state index contributed by atoms with van der Waals surface area (Å²) in [5, 5.41) is 39.2. The molecule has 2 saturated heterocycles. The zero-order valence-electron chi connectivity index (χ0n) is 39.0. The Morgan fingerprint density at radius 3 is 2.25 bits per heavy atom. The molecule has 3 aliphatic rings. The Morgan fingerprint density at radius 2 is 1.57 bits per heavy atom. The summed E-state index contributed by atoms with van der Waals surface area (Å²) < 4.78 is 7.87. The van der Waals surface area contributed by atoms with Crippen molar-refractivity contribution in [3.8, 4) is 39.0 Å². The van der Waals surface area contributed by atoms with E-state index in [1.165, 1.54) is 16.5 Å². The number of hydrogen-bond donors (Lipinski definition) is 3. The van der Waals surface area contributed by atoms with Gasteiger partial charge < -0.3 is 29.9 Å². The van der Waals surface area contributed by atoms with Gasteiger partial charge in [0.2, 0.25) is 5.91 Å². The lowest BCUT2D eigenvalue weighted by Crippen LogP contribution is -2.48. The summed E-state index contributed by atoms with van der Waals surface area (Å²) >= 11 is 8.01. The molecule has 9 rings (SSSR count). The van der Waals surface area contributed by atoms with Crippen molar-refractivity contribution in [2.24, 2.45) is 10.9 Å². The fourth-order valence-electron chi connectivity index (χ4n) is 9.70. The summed E-state index contributed by atoms with van der Waals surface area (Å²) in [6.07, 6.45) is 2.16. The van der Waals surface area contributed by atoms with Gasteiger partial charge in [-0.05, 0) is 92.8 Å². The Hall–Kier alpha value is -5.87. The van der Waals surface area contributed by atoms with Crippen molar-refractivity contribution in [1.82, 2.24) is 39.9 Å². The molecular formula is C51H58ClN9O5S. The van der Waals surface area contributed by atoms with Crippen molar-refractivity contribution in [3.63, 3.8) is 0 Å². The largest absolute Gasteiger partial charge is 0.508 e. The minimum atomic E-state index is -0.482. The Morgan fingerprint density at radius 1 is 0.881 bits per heavy atom. The van der Waals surface area contributed by atoms with Gasteiger partial charge in [-0.1, -0.05) is 67.0 Å². The van der Waals surface area contributed by atoms with Gasteiger partial charge in [0.1, 0.15) is 28.4 Å². The molecule has 3 aromatic heterocycles. The number of nitrogens with one attached hydrogen (secondary N) is 1. The van der Waals surface area contributed by atoms with Crippen LogP contribution in [0.4, 0.5) is 0 Å². The number of thiophene rings is 1. The molecule has 0 radical (unpaired) electrons. The number of hydrogen-bond acceptors (Lipinski definition) is 12. The van der Waals surface area contributed by atoms with Crippen LogP contribution < -0.4 is 5.32 Å². The van der Waals surface area contributed by atoms with Crippen LogP contribution in [0.1, 0.15) is 107 Å². The molecule has 3 aliphatic heterocycles. The molecule has 0 bridgehead atoms. The number of aliphatic imine (C=N–C) groups is 1. The number of likely N-dealkylation sites (tertiary alicyclic amines) is 1. The normalized spacial score (nSPS) is 17.0. The number of phenolic OH excluding ortho intramolecular Hbond substituents is 2. The second-order valence-electron chi connectivity index (χ2n) is 18.4. The van der Waals surface area contributed by atoms with Gasteiger partial charge in [-0.3, -0.25) is 24.0 Å². The van der Waals surface area contributed by atoms with E-state index in [0.29, 0.717) is 40.0 Å². The first-order chi connectivity index (χ1) is 32.3. The lowest BCUT2D eigenvalue weighted by molar-refractivity contribution is -0.133. The quantitative estimate of drug-likeness (QED) is 0.108. The Bertz CT molecular complexity index is 2820. The van der Waals surface area contributed by atoms with Crippen molar-refractivity contribution in [3.05, 3.63) is 116 Å². The third-order valence-electron chi connectivity index (χ3n) is 13.6. The number of phenols is 2. The number of carbonyl (C=O) groups excluding carboxylic acids is 2. The van der Waals surface area contributed by atoms with Crippen molar-refractivity contribution in [2.75, 3.05) is 52.4 Å². The number of fused-ring (bicyclic) bond motifs is 3. The first-order valence-corrected chi connectivity index (χ1v) is 24.5. The number of amides is 2. The van der Waals surface area contributed by atoms with Crippen LogP contribution in [-0.4, -0.2) is 115 Å². The number of piperazine rings is 1. The number of nitrogens with zero attached hydrogens (tertiary/aromatic N) is 8. The van der Waals surface area contributed by atoms with E-state index in [4.69, 9.17) is 21.1 Å². The topological polar surface area (TPSA) is 165 Å². The highest BCUT2D eigenvalue weighted by atomic mass is 35.5. The van der Waals surface area contributed by atoms with Crippen LogP contribution in [0, 0.1) is 26.7 Å². The lowest BCUT2D eigenvalue weighted by Gasteiger charge is -2.39. The van der Waals surface area contributed by atoms with Gasteiger partial charge in [0.15, 0.2) is 17.3 Å². The maximum atomic E-state index is 14.1. The van der Waals surface area contributed by atoms with E-state index in [1.807, 2.05) is 69.0 Å². The van der Waals surface area contributed by atoms with Crippen LogP contribution in [0.5, 0.6) is 11.5 Å². The molecule has 16 heteroatoms. The van der Waals surface area contributed by atoms with Crippen molar-refractivity contribution >= 4 is 40.5 Å². The second kappa shape index (κ2) is 19.4. The van der Waals surface area contributed by atoms with Gasteiger partial charge in [0.05, 0.1) is 23.3 Å².